The van der Waals surface area contributed by atoms with E-state index in [1.54, 1.807) is 0 Å². The highest BCUT2D eigenvalue weighted by molar-refractivity contribution is 6.31. The fraction of sp³-hybridized carbons (Fsp3) is 0.125. The average Bonchev–Trinajstić information content (AvgIpc) is 2.66. The number of rotatable bonds is 1. The molecular formula is C8H3ClF3N3O. The Bertz CT molecular complexity index is 511. The van der Waals surface area contributed by atoms with Crippen molar-refractivity contribution < 1.29 is 17.7 Å². The van der Waals surface area contributed by atoms with Crippen LogP contribution in [0, 0.1) is 0 Å². The van der Waals surface area contributed by atoms with Crippen LogP contribution in [0.15, 0.2) is 22.9 Å². The van der Waals surface area contributed by atoms with Crippen molar-refractivity contribution in [3.8, 4) is 11.4 Å². The van der Waals surface area contributed by atoms with Gasteiger partial charge in [0, 0.05) is 6.20 Å². The van der Waals surface area contributed by atoms with Gasteiger partial charge < -0.3 is 4.52 Å². The summed E-state index contributed by atoms with van der Waals surface area (Å²) in [6, 6.07) is 2.95. The molecule has 0 aliphatic rings. The van der Waals surface area contributed by atoms with Crippen LogP contribution in [0.3, 0.4) is 0 Å². The summed E-state index contributed by atoms with van der Waals surface area (Å²) in [4.78, 5) is 6.87. The lowest BCUT2D eigenvalue weighted by molar-refractivity contribution is -0.159. The largest absolute Gasteiger partial charge is 0.471 e. The molecular weight excluding hydrogens is 247 g/mol. The molecule has 16 heavy (non-hydrogen) atoms. The van der Waals surface area contributed by atoms with Gasteiger partial charge in [0.05, 0.1) is 5.56 Å². The van der Waals surface area contributed by atoms with Crippen molar-refractivity contribution in [3.05, 3.63) is 29.4 Å². The Kier molecular flexibility index (Phi) is 2.55. The number of nitrogens with zero attached hydrogens (tertiary/aromatic N) is 3. The topological polar surface area (TPSA) is 51.8 Å². The molecule has 0 aliphatic carbocycles. The lowest BCUT2D eigenvalue weighted by Gasteiger charge is -1.97. The Morgan fingerprint density at radius 2 is 2.06 bits per heavy atom. The van der Waals surface area contributed by atoms with Gasteiger partial charge in [0.25, 0.3) is 0 Å². The summed E-state index contributed by atoms with van der Waals surface area (Å²) in [5, 5.41) is 3.19. The second-order valence-electron chi connectivity index (χ2n) is 2.76. The van der Waals surface area contributed by atoms with Gasteiger partial charge in [-0.3, -0.25) is 0 Å². The first-order chi connectivity index (χ1) is 7.48. The minimum atomic E-state index is -4.67. The van der Waals surface area contributed by atoms with E-state index in [4.69, 9.17) is 11.6 Å². The molecule has 0 radical (unpaired) electrons. The predicted octanol–water partition coefficient (Wildman–Crippen LogP) is 2.80. The van der Waals surface area contributed by atoms with E-state index in [9.17, 15) is 13.2 Å². The maximum Gasteiger partial charge on any atom is 0.471 e. The van der Waals surface area contributed by atoms with E-state index in [0.29, 0.717) is 0 Å². The zero-order valence-electron chi connectivity index (χ0n) is 7.49. The summed E-state index contributed by atoms with van der Waals surface area (Å²) in [6.07, 6.45) is -3.27. The molecule has 0 N–H and O–H groups in total. The zero-order valence-corrected chi connectivity index (χ0v) is 8.25. The van der Waals surface area contributed by atoms with Crippen LogP contribution >= 0.6 is 11.6 Å². The third kappa shape index (κ3) is 1.99. The maximum atomic E-state index is 12.2. The minimum Gasteiger partial charge on any atom is -0.329 e. The Morgan fingerprint density at radius 1 is 1.31 bits per heavy atom. The van der Waals surface area contributed by atoms with Gasteiger partial charge in [-0.15, -0.1) is 0 Å². The van der Waals surface area contributed by atoms with Crippen LogP contribution in [0.5, 0.6) is 0 Å². The first-order valence-electron chi connectivity index (χ1n) is 4.00. The summed E-state index contributed by atoms with van der Waals surface area (Å²) >= 11 is 5.67. The van der Waals surface area contributed by atoms with Gasteiger partial charge >= 0.3 is 12.1 Å². The van der Waals surface area contributed by atoms with Crippen LogP contribution in [-0.2, 0) is 6.18 Å². The van der Waals surface area contributed by atoms with Crippen molar-refractivity contribution >= 4 is 11.6 Å². The Hall–Kier alpha value is -1.63. The van der Waals surface area contributed by atoms with Gasteiger partial charge in [-0.1, -0.05) is 16.8 Å². The number of aromatic nitrogens is 3. The van der Waals surface area contributed by atoms with Crippen LogP contribution in [-0.4, -0.2) is 15.1 Å². The van der Waals surface area contributed by atoms with E-state index in [1.807, 2.05) is 0 Å². The zero-order chi connectivity index (χ0) is 11.8. The maximum absolute atomic E-state index is 12.2. The summed E-state index contributed by atoms with van der Waals surface area (Å²) in [6.45, 7) is 0. The molecule has 84 valence electrons. The minimum absolute atomic E-state index is 0.0111. The summed E-state index contributed by atoms with van der Waals surface area (Å²) in [7, 11) is 0. The van der Waals surface area contributed by atoms with E-state index in [-0.39, 0.29) is 16.5 Å². The average molecular weight is 250 g/mol. The molecule has 0 aliphatic heterocycles. The van der Waals surface area contributed by atoms with Crippen molar-refractivity contribution in [2.45, 2.75) is 6.18 Å². The summed E-state index contributed by atoms with van der Waals surface area (Å²) < 4.78 is 40.6. The van der Waals surface area contributed by atoms with Gasteiger partial charge in [-0.25, -0.2) is 4.98 Å². The molecule has 0 saturated carbocycles. The number of pyridine rings is 1. The SMILES string of the molecule is FC(F)(F)c1nc(-c2cccnc2Cl)no1. The number of halogens is 4. The second-order valence-corrected chi connectivity index (χ2v) is 3.12. The van der Waals surface area contributed by atoms with Crippen molar-refractivity contribution in [2.24, 2.45) is 0 Å². The molecule has 0 spiro atoms. The quantitative estimate of drug-likeness (QED) is 0.729. The highest BCUT2D eigenvalue weighted by atomic mass is 35.5. The first-order valence-corrected chi connectivity index (χ1v) is 4.38. The van der Waals surface area contributed by atoms with E-state index in [2.05, 4.69) is 19.6 Å². The molecule has 0 saturated heterocycles. The molecule has 0 atom stereocenters. The fourth-order valence-electron chi connectivity index (χ4n) is 1.00. The summed E-state index contributed by atoms with van der Waals surface area (Å²) in [5.74, 6) is -1.66. The lowest BCUT2D eigenvalue weighted by atomic mass is 10.3. The monoisotopic (exact) mass is 249 g/mol. The Morgan fingerprint density at radius 3 is 2.62 bits per heavy atom. The molecule has 2 rings (SSSR count). The molecule has 0 bridgehead atoms. The standard InChI is InChI=1S/C8H3ClF3N3O/c9-5-4(2-1-3-13-5)6-14-7(16-15-6)8(10,11)12/h1-3H. The van der Waals surface area contributed by atoms with Crippen molar-refractivity contribution in [1.82, 2.24) is 15.1 Å². The third-order valence-electron chi connectivity index (χ3n) is 1.67. The Balaban J connectivity index is 2.44. The smallest absolute Gasteiger partial charge is 0.329 e. The van der Waals surface area contributed by atoms with Gasteiger partial charge in [0.2, 0.25) is 5.82 Å². The highest BCUT2D eigenvalue weighted by Gasteiger charge is 2.38. The molecule has 0 amide bonds. The third-order valence-corrected chi connectivity index (χ3v) is 1.97. The molecule has 4 nitrogen and oxygen atoms in total. The van der Waals surface area contributed by atoms with E-state index in [1.165, 1.54) is 18.3 Å². The highest BCUT2D eigenvalue weighted by Crippen LogP contribution is 2.30. The van der Waals surface area contributed by atoms with Crippen LogP contribution in [0.4, 0.5) is 13.2 Å². The second kappa shape index (κ2) is 3.75. The molecule has 2 aromatic heterocycles. The van der Waals surface area contributed by atoms with Crippen LogP contribution in [0.2, 0.25) is 5.15 Å². The fourth-order valence-corrected chi connectivity index (χ4v) is 1.20. The van der Waals surface area contributed by atoms with Crippen LogP contribution < -0.4 is 0 Å². The molecule has 8 heteroatoms. The molecule has 0 fully saturated rings. The van der Waals surface area contributed by atoms with E-state index >= 15 is 0 Å². The molecule has 2 heterocycles. The van der Waals surface area contributed by atoms with Crippen molar-refractivity contribution in [2.75, 3.05) is 0 Å². The Labute approximate surface area is 92.1 Å². The molecule has 2 aromatic rings. The number of hydrogen-bond donors (Lipinski definition) is 0. The lowest BCUT2D eigenvalue weighted by Crippen LogP contribution is -2.04. The van der Waals surface area contributed by atoms with Gasteiger partial charge in [-0.2, -0.15) is 18.2 Å². The van der Waals surface area contributed by atoms with Crippen molar-refractivity contribution in [3.63, 3.8) is 0 Å². The number of alkyl halides is 3. The first kappa shape index (κ1) is 10.9. The van der Waals surface area contributed by atoms with E-state index in [0.717, 1.165) is 0 Å². The van der Waals surface area contributed by atoms with Gasteiger partial charge in [0.1, 0.15) is 5.15 Å². The normalized spacial score (nSPS) is 11.8. The van der Waals surface area contributed by atoms with Crippen LogP contribution in [0.1, 0.15) is 5.89 Å². The van der Waals surface area contributed by atoms with Gasteiger partial charge in [-0.05, 0) is 12.1 Å². The predicted molar refractivity (Wildman–Crippen MR) is 47.5 cm³/mol. The van der Waals surface area contributed by atoms with Crippen LogP contribution in [0.25, 0.3) is 11.4 Å². The van der Waals surface area contributed by atoms with Crippen molar-refractivity contribution in [1.29, 1.82) is 0 Å². The molecule has 0 aromatic carbocycles. The van der Waals surface area contributed by atoms with E-state index < -0.39 is 12.1 Å². The summed E-state index contributed by atoms with van der Waals surface area (Å²) in [5.41, 5.74) is 0.184. The number of hydrogen-bond acceptors (Lipinski definition) is 4. The van der Waals surface area contributed by atoms with Gasteiger partial charge in [0.15, 0.2) is 0 Å². The molecule has 0 unspecified atom stereocenters.